The largest absolute Gasteiger partial charge is 0.457 e. The van der Waals surface area contributed by atoms with Gasteiger partial charge in [0, 0.05) is 56.7 Å². The standard InChI is InChI=1S/C21H38O12/c1-11(22)31-15-13(32-20(29-8)18(27-6)17(15)26-5)10-30-21-19(28-7)16(25-4)14(24-3)12(33-21)9-23-2/h12-21H,9-10H2,1-8H3/t12-,13-,14+,15-,16+,17+,18-,19-,20+,21-/m1/s1. The average Bonchev–Trinajstić information content (AvgIpc) is 2.81. The molecule has 12 heteroatoms. The van der Waals surface area contributed by atoms with Crippen LogP contribution in [-0.2, 0) is 56.9 Å². The fraction of sp³-hybridized carbons (Fsp3) is 0.952. The van der Waals surface area contributed by atoms with Crippen LogP contribution in [0.1, 0.15) is 6.92 Å². The van der Waals surface area contributed by atoms with E-state index in [1.54, 1.807) is 21.3 Å². The Kier molecular flexibility index (Phi) is 11.9. The molecule has 194 valence electrons. The monoisotopic (exact) mass is 482 g/mol. The molecule has 0 aliphatic carbocycles. The summed E-state index contributed by atoms with van der Waals surface area (Å²) in [5, 5.41) is 0. The van der Waals surface area contributed by atoms with Crippen molar-refractivity contribution in [2.24, 2.45) is 0 Å². The number of methoxy groups -OCH3 is 7. The van der Waals surface area contributed by atoms with Crippen LogP contribution in [0.4, 0.5) is 0 Å². The van der Waals surface area contributed by atoms with Gasteiger partial charge in [0.25, 0.3) is 0 Å². The molecule has 2 heterocycles. The van der Waals surface area contributed by atoms with Crippen molar-refractivity contribution >= 4 is 5.97 Å². The first-order valence-electron chi connectivity index (χ1n) is 10.7. The molecule has 10 atom stereocenters. The van der Waals surface area contributed by atoms with Gasteiger partial charge in [-0.1, -0.05) is 0 Å². The zero-order valence-corrected chi connectivity index (χ0v) is 20.6. The van der Waals surface area contributed by atoms with Crippen molar-refractivity contribution in [2.45, 2.75) is 68.3 Å². The second-order valence-corrected chi connectivity index (χ2v) is 7.69. The fourth-order valence-electron chi connectivity index (χ4n) is 4.35. The smallest absolute Gasteiger partial charge is 0.303 e. The second-order valence-electron chi connectivity index (χ2n) is 7.69. The van der Waals surface area contributed by atoms with E-state index in [9.17, 15) is 4.79 Å². The van der Waals surface area contributed by atoms with Gasteiger partial charge in [0.05, 0.1) is 13.2 Å². The maximum Gasteiger partial charge on any atom is 0.303 e. The minimum Gasteiger partial charge on any atom is -0.457 e. The Balaban J connectivity index is 2.22. The third-order valence-corrected chi connectivity index (χ3v) is 5.83. The Hall–Kier alpha value is -0.930. The molecule has 2 fully saturated rings. The van der Waals surface area contributed by atoms with Gasteiger partial charge in [-0.15, -0.1) is 0 Å². The Morgan fingerprint density at radius 2 is 1.09 bits per heavy atom. The molecule has 2 aliphatic rings. The van der Waals surface area contributed by atoms with Crippen molar-refractivity contribution in [1.82, 2.24) is 0 Å². The number of hydrogen-bond acceptors (Lipinski definition) is 12. The molecule has 0 aromatic carbocycles. The Morgan fingerprint density at radius 1 is 0.606 bits per heavy atom. The molecule has 0 aromatic heterocycles. The predicted molar refractivity (Wildman–Crippen MR) is 112 cm³/mol. The fourth-order valence-corrected chi connectivity index (χ4v) is 4.35. The van der Waals surface area contributed by atoms with Crippen molar-refractivity contribution in [3.05, 3.63) is 0 Å². The summed E-state index contributed by atoms with van der Waals surface area (Å²) in [6.07, 6.45) is -6.41. The lowest BCUT2D eigenvalue weighted by Crippen LogP contribution is -2.63. The van der Waals surface area contributed by atoms with E-state index in [2.05, 4.69) is 0 Å². The Labute approximate surface area is 194 Å². The molecule has 0 radical (unpaired) electrons. The summed E-state index contributed by atoms with van der Waals surface area (Å²) >= 11 is 0. The topological polar surface area (TPSA) is 119 Å². The molecular formula is C21H38O12. The first kappa shape index (κ1) is 28.3. The summed E-state index contributed by atoms with van der Waals surface area (Å²) in [6, 6.07) is 0. The molecule has 0 N–H and O–H groups in total. The van der Waals surface area contributed by atoms with E-state index in [1.807, 2.05) is 0 Å². The minimum absolute atomic E-state index is 0.0214. The van der Waals surface area contributed by atoms with E-state index in [-0.39, 0.29) is 13.2 Å². The molecule has 0 bridgehead atoms. The van der Waals surface area contributed by atoms with E-state index in [1.165, 1.54) is 35.4 Å². The Bertz CT molecular complexity index is 577. The third-order valence-electron chi connectivity index (χ3n) is 5.83. The molecule has 33 heavy (non-hydrogen) atoms. The average molecular weight is 483 g/mol. The third kappa shape index (κ3) is 6.60. The van der Waals surface area contributed by atoms with Crippen LogP contribution in [0.3, 0.4) is 0 Å². The SMILES string of the molecule is COC[C@H]1O[C@@H](OC[C@H]2O[C@H](OC)[C@H](OC)[C@@H](OC)[C@@H]2OC(C)=O)[C@H](OC)[C@@H](OC)[C@H]1OC. The predicted octanol–water partition coefficient (Wildman–Crippen LogP) is -0.248. The van der Waals surface area contributed by atoms with Crippen LogP contribution in [0.25, 0.3) is 0 Å². The number of rotatable bonds is 12. The summed E-state index contributed by atoms with van der Waals surface area (Å²) in [4.78, 5) is 11.8. The van der Waals surface area contributed by atoms with Crippen LogP contribution in [-0.4, -0.2) is 130 Å². The molecule has 2 aliphatic heterocycles. The van der Waals surface area contributed by atoms with E-state index < -0.39 is 67.4 Å². The second kappa shape index (κ2) is 13.8. The number of carbonyl (C=O) groups is 1. The van der Waals surface area contributed by atoms with Crippen molar-refractivity contribution in [3.8, 4) is 0 Å². The molecular weight excluding hydrogens is 444 g/mol. The quantitative estimate of drug-likeness (QED) is 0.341. The van der Waals surface area contributed by atoms with Crippen LogP contribution in [0.2, 0.25) is 0 Å². The van der Waals surface area contributed by atoms with E-state index in [0.29, 0.717) is 0 Å². The van der Waals surface area contributed by atoms with Gasteiger partial charge >= 0.3 is 5.97 Å². The van der Waals surface area contributed by atoms with Crippen molar-refractivity contribution < 1.29 is 56.9 Å². The molecule has 0 spiro atoms. The summed E-state index contributed by atoms with van der Waals surface area (Å²) in [6.45, 7) is 1.55. The van der Waals surface area contributed by atoms with Crippen LogP contribution in [0.15, 0.2) is 0 Å². The van der Waals surface area contributed by atoms with E-state index in [0.717, 1.165) is 0 Å². The molecule has 0 aromatic rings. The molecule has 2 saturated heterocycles. The van der Waals surface area contributed by atoms with Crippen LogP contribution >= 0.6 is 0 Å². The molecule has 0 saturated carbocycles. The zero-order valence-electron chi connectivity index (χ0n) is 20.6. The van der Waals surface area contributed by atoms with Crippen molar-refractivity contribution in [3.63, 3.8) is 0 Å². The lowest BCUT2D eigenvalue weighted by molar-refractivity contribution is -0.337. The van der Waals surface area contributed by atoms with Crippen LogP contribution in [0.5, 0.6) is 0 Å². The van der Waals surface area contributed by atoms with Gasteiger partial charge in [0.1, 0.15) is 42.7 Å². The Morgan fingerprint density at radius 3 is 1.58 bits per heavy atom. The summed E-state index contributed by atoms with van der Waals surface area (Å²) in [5.41, 5.74) is 0. The number of carbonyl (C=O) groups excluding carboxylic acids is 1. The zero-order chi connectivity index (χ0) is 24.5. The first-order chi connectivity index (χ1) is 15.9. The van der Waals surface area contributed by atoms with Crippen molar-refractivity contribution in [2.75, 3.05) is 63.0 Å². The molecule has 0 unspecified atom stereocenters. The van der Waals surface area contributed by atoms with Gasteiger partial charge in [-0.2, -0.15) is 0 Å². The maximum absolute atomic E-state index is 11.8. The lowest BCUT2D eigenvalue weighted by Gasteiger charge is -2.46. The number of ether oxygens (including phenoxy) is 11. The number of esters is 1. The van der Waals surface area contributed by atoms with E-state index in [4.69, 9.17) is 52.1 Å². The highest BCUT2D eigenvalue weighted by Gasteiger charge is 2.51. The lowest BCUT2D eigenvalue weighted by atomic mass is 9.97. The van der Waals surface area contributed by atoms with Crippen molar-refractivity contribution in [1.29, 1.82) is 0 Å². The van der Waals surface area contributed by atoms with Gasteiger partial charge in [0.2, 0.25) is 0 Å². The summed E-state index contributed by atoms with van der Waals surface area (Å²) < 4.78 is 62.3. The molecule has 0 amide bonds. The van der Waals surface area contributed by atoms with Gasteiger partial charge in [-0.3, -0.25) is 4.79 Å². The van der Waals surface area contributed by atoms with E-state index >= 15 is 0 Å². The van der Waals surface area contributed by atoms with Gasteiger partial charge in [-0.05, 0) is 0 Å². The minimum atomic E-state index is -0.838. The summed E-state index contributed by atoms with van der Waals surface area (Å²) in [7, 11) is 10.7. The highest BCUT2D eigenvalue weighted by molar-refractivity contribution is 5.66. The van der Waals surface area contributed by atoms with Gasteiger partial charge in [0.15, 0.2) is 18.7 Å². The maximum atomic E-state index is 11.8. The highest BCUT2D eigenvalue weighted by atomic mass is 16.7. The summed E-state index contributed by atoms with van der Waals surface area (Å²) in [5.74, 6) is -0.493. The first-order valence-corrected chi connectivity index (χ1v) is 10.7. The van der Waals surface area contributed by atoms with Gasteiger partial charge in [-0.25, -0.2) is 0 Å². The molecule has 12 nitrogen and oxygen atoms in total. The van der Waals surface area contributed by atoms with Gasteiger partial charge < -0.3 is 52.1 Å². The molecule has 2 rings (SSSR count). The van der Waals surface area contributed by atoms with Crippen LogP contribution < -0.4 is 0 Å². The normalized spacial score (nSPS) is 39.4. The van der Waals surface area contributed by atoms with Crippen LogP contribution in [0, 0.1) is 0 Å². The highest BCUT2D eigenvalue weighted by Crippen LogP contribution is 2.31. The number of hydrogen-bond donors (Lipinski definition) is 0.